The van der Waals surface area contributed by atoms with Gasteiger partial charge >= 0.3 is 0 Å². The van der Waals surface area contributed by atoms with Crippen molar-refractivity contribution in [2.75, 3.05) is 106 Å². The van der Waals surface area contributed by atoms with Crippen molar-refractivity contribution < 1.29 is 58.3 Å². The quantitative estimate of drug-likeness (QED) is 0.0480. The first-order chi connectivity index (χ1) is 30.2. The number of rotatable bonds is 26. The third-order valence-electron chi connectivity index (χ3n) is 10.5. The molecule has 0 saturated carbocycles. The number of hydrogen-bond acceptors (Lipinski definition) is 12. The summed E-state index contributed by atoms with van der Waals surface area (Å²) in [7, 11) is 0. The smallest absolute Gasteiger partial charge is 0.135 e. The summed E-state index contributed by atoms with van der Waals surface area (Å²) in [6, 6.07) is 36.7. The van der Waals surface area contributed by atoms with Crippen molar-refractivity contribution in [3.8, 4) is 34.1 Å². The van der Waals surface area contributed by atoms with Gasteiger partial charge in [0.2, 0.25) is 0 Å². The Morgan fingerprint density at radius 2 is 0.705 bits per heavy atom. The maximum Gasteiger partial charge on any atom is 0.135 e. The summed E-state index contributed by atoms with van der Waals surface area (Å²) in [4.78, 5) is 0. The van der Waals surface area contributed by atoms with Crippen LogP contribution in [0.25, 0.3) is 32.7 Å². The minimum absolute atomic E-state index is 0.113. The van der Waals surface area contributed by atoms with Crippen LogP contribution in [0.2, 0.25) is 0 Å². The SMILES string of the molecule is OCCOCCOc1cc2ccccc2c(OCCOCCO)c1C1(c2c(OCCOCCO)cc3ccccc3c2OCCOCCO)c2ccccc2-c2ccccc21. The van der Waals surface area contributed by atoms with Crippen molar-refractivity contribution in [3.63, 3.8) is 0 Å². The molecule has 0 radical (unpaired) electrons. The summed E-state index contributed by atoms with van der Waals surface area (Å²) in [5.74, 6) is 2.19. The van der Waals surface area contributed by atoms with Crippen LogP contribution in [0.1, 0.15) is 22.3 Å². The highest BCUT2D eigenvalue weighted by molar-refractivity contribution is 5.99. The second-order valence-corrected chi connectivity index (χ2v) is 14.2. The van der Waals surface area contributed by atoms with Crippen LogP contribution in [0.15, 0.2) is 109 Å². The molecule has 12 nitrogen and oxygen atoms in total. The van der Waals surface area contributed by atoms with E-state index in [0.29, 0.717) is 34.1 Å². The fourth-order valence-corrected chi connectivity index (χ4v) is 8.21. The van der Waals surface area contributed by atoms with Crippen molar-refractivity contribution in [2.45, 2.75) is 5.41 Å². The van der Waals surface area contributed by atoms with Gasteiger partial charge in [-0.1, -0.05) is 97.1 Å². The van der Waals surface area contributed by atoms with Gasteiger partial charge in [-0.2, -0.15) is 0 Å². The fourth-order valence-electron chi connectivity index (χ4n) is 8.21. The van der Waals surface area contributed by atoms with Crippen LogP contribution in [-0.4, -0.2) is 126 Å². The Morgan fingerprint density at radius 3 is 1.10 bits per heavy atom. The lowest BCUT2D eigenvalue weighted by Gasteiger charge is -2.39. The molecule has 12 heteroatoms. The highest BCUT2D eigenvalue weighted by Crippen LogP contribution is 2.64. The summed E-state index contributed by atoms with van der Waals surface area (Å²) in [6.45, 7) is 1.75. The molecule has 0 fully saturated rings. The van der Waals surface area contributed by atoms with Crippen LogP contribution in [0.4, 0.5) is 0 Å². The molecule has 6 aromatic carbocycles. The molecule has 0 unspecified atom stereocenters. The van der Waals surface area contributed by atoms with E-state index in [9.17, 15) is 20.4 Å². The van der Waals surface area contributed by atoms with Gasteiger partial charge in [-0.3, -0.25) is 0 Å². The lowest BCUT2D eigenvalue weighted by atomic mass is 9.65. The van der Waals surface area contributed by atoms with Crippen LogP contribution in [0.3, 0.4) is 0 Å². The van der Waals surface area contributed by atoms with Crippen molar-refractivity contribution in [2.24, 2.45) is 0 Å². The first kappa shape index (κ1) is 43.8. The van der Waals surface area contributed by atoms with Crippen molar-refractivity contribution in [3.05, 3.63) is 131 Å². The first-order valence-corrected chi connectivity index (χ1v) is 20.8. The number of ether oxygens (including phenoxy) is 8. The molecule has 0 heterocycles. The zero-order valence-electron chi connectivity index (χ0n) is 34.3. The Balaban J connectivity index is 1.61. The lowest BCUT2D eigenvalue weighted by Crippen LogP contribution is -2.32. The minimum Gasteiger partial charge on any atom is -0.491 e. The van der Waals surface area contributed by atoms with Gasteiger partial charge in [-0.25, -0.2) is 0 Å². The average Bonchev–Trinajstić information content (AvgIpc) is 3.58. The maximum absolute atomic E-state index is 9.50. The highest BCUT2D eigenvalue weighted by Gasteiger charge is 2.53. The average molecular weight is 835 g/mol. The van der Waals surface area contributed by atoms with E-state index in [1.807, 2.05) is 84.9 Å². The van der Waals surface area contributed by atoms with Crippen LogP contribution >= 0.6 is 0 Å². The van der Waals surface area contributed by atoms with Crippen molar-refractivity contribution in [1.82, 2.24) is 0 Å². The Morgan fingerprint density at radius 1 is 0.361 bits per heavy atom. The molecule has 322 valence electrons. The Bertz CT molecular complexity index is 2170. The molecule has 0 spiro atoms. The summed E-state index contributed by atoms with van der Waals surface area (Å²) < 4.78 is 50.5. The zero-order valence-corrected chi connectivity index (χ0v) is 34.3. The largest absolute Gasteiger partial charge is 0.491 e. The molecule has 0 aromatic heterocycles. The van der Waals surface area contributed by atoms with Crippen LogP contribution in [0, 0.1) is 0 Å². The predicted molar refractivity (Wildman–Crippen MR) is 232 cm³/mol. The molecule has 0 saturated heterocycles. The third-order valence-corrected chi connectivity index (χ3v) is 10.5. The molecule has 0 atom stereocenters. The Labute approximate surface area is 355 Å². The third kappa shape index (κ3) is 9.47. The van der Waals surface area contributed by atoms with Crippen molar-refractivity contribution >= 4 is 21.5 Å². The van der Waals surface area contributed by atoms with Crippen LogP contribution in [0.5, 0.6) is 23.0 Å². The number of fused-ring (bicyclic) bond motifs is 5. The molecule has 0 bridgehead atoms. The molecule has 61 heavy (non-hydrogen) atoms. The van der Waals surface area contributed by atoms with Crippen LogP contribution < -0.4 is 18.9 Å². The number of aliphatic hydroxyl groups excluding tert-OH is 4. The fraction of sp³-hybridized carbons (Fsp3) is 0.347. The summed E-state index contributed by atoms with van der Waals surface area (Å²) >= 11 is 0. The van der Waals surface area contributed by atoms with E-state index in [2.05, 4.69) is 24.3 Å². The van der Waals surface area contributed by atoms with Gasteiger partial charge < -0.3 is 58.3 Å². The Hall–Kier alpha value is -5.28. The summed E-state index contributed by atoms with van der Waals surface area (Å²) in [6.07, 6.45) is 0. The minimum atomic E-state index is -1.24. The van der Waals surface area contributed by atoms with E-state index in [1.54, 1.807) is 0 Å². The van der Waals surface area contributed by atoms with Gasteiger partial charge in [0.1, 0.15) is 49.4 Å². The van der Waals surface area contributed by atoms with E-state index in [0.717, 1.165) is 43.8 Å². The normalized spacial score (nSPS) is 12.7. The van der Waals surface area contributed by atoms with Crippen LogP contribution in [-0.2, 0) is 24.4 Å². The number of aliphatic hydroxyl groups is 4. The van der Waals surface area contributed by atoms with E-state index >= 15 is 0 Å². The van der Waals surface area contributed by atoms with E-state index in [1.165, 1.54) is 0 Å². The lowest BCUT2D eigenvalue weighted by molar-refractivity contribution is 0.0677. The van der Waals surface area contributed by atoms with Gasteiger partial charge in [-0.05, 0) is 45.2 Å². The van der Waals surface area contributed by atoms with Gasteiger partial charge in [-0.15, -0.1) is 0 Å². The standard InChI is InChI=1S/C49H54O12/c50-17-21-54-25-29-58-43-33-35-9-1-3-11-37(35)47(60-31-27-56-23-19-52)45(43)49(41-15-7-5-13-39(41)40-14-6-8-16-42(40)49)46-44(59-30-26-55-22-18-51)34-36-10-2-4-12-38(36)48(46)61-32-28-57-24-20-53/h1-16,33-34,50-53H,17-32H2. The molecule has 1 aliphatic rings. The first-order valence-electron chi connectivity index (χ1n) is 20.8. The number of benzene rings is 6. The summed E-state index contributed by atoms with van der Waals surface area (Å²) in [5.41, 5.74) is 4.04. The highest BCUT2D eigenvalue weighted by atomic mass is 16.5. The number of hydrogen-bond donors (Lipinski definition) is 4. The van der Waals surface area contributed by atoms with E-state index in [-0.39, 0.29) is 106 Å². The molecular weight excluding hydrogens is 781 g/mol. The van der Waals surface area contributed by atoms with Gasteiger partial charge in [0.05, 0.1) is 95.8 Å². The molecule has 6 aromatic rings. The molecule has 0 amide bonds. The van der Waals surface area contributed by atoms with Gasteiger partial charge in [0.25, 0.3) is 0 Å². The summed E-state index contributed by atoms with van der Waals surface area (Å²) in [5, 5.41) is 41.4. The topological polar surface area (TPSA) is 155 Å². The van der Waals surface area contributed by atoms with Gasteiger partial charge in [0, 0.05) is 10.8 Å². The van der Waals surface area contributed by atoms with E-state index in [4.69, 9.17) is 37.9 Å². The second-order valence-electron chi connectivity index (χ2n) is 14.2. The van der Waals surface area contributed by atoms with Crippen molar-refractivity contribution in [1.29, 1.82) is 0 Å². The van der Waals surface area contributed by atoms with Gasteiger partial charge in [0.15, 0.2) is 0 Å². The predicted octanol–water partition coefficient (Wildman–Crippen LogP) is 5.91. The maximum atomic E-state index is 9.50. The molecule has 4 N–H and O–H groups in total. The molecule has 1 aliphatic carbocycles. The second kappa shape index (κ2) is 22.0. The molecule has 0 aliphatic heterocycles. The molecule has 7 rings (SSSR count). The zero-order chi connectivity index (χ0) is 42.3. The van der Waals surface area contributed by atoms with E-state index < -0.39 is 5.41 Å². The Kier molecular flexibility index (Phi) is 15.8. The monoisotopic (exact) mass is 834 g/mol. The molecular formula is C49H54O12.